The van der Waals surface area contributed by atoms with E-state index in [4.69, 9.17) is 9.57 Å². The van der Waals surface area contributed by atoms with Crippen molar-refractivity contribution >= 4 is 5.91 Å². The number of pyridine rings is 1. The first-order valence-electron chi connectivity index (χ1n) is 6.73. The highest BCUT2D eigenvalue weighted by Crippen LogP contribution is 2.09. The van der Waals surface area contributed by atoms with Crippen molar-refractivity contribution in [1.29, 1.82) is 0 Å². The molecule has 0 atom stereocenters. The summed E-state index contributed by atoms with van der Waals surface area (Å²) in [7, 11) is 0. The fourth-order valence-electron chi connectivity index (χ4n) is 1.65. The first-order valence-corrected chi connectivity index (χ1v) is 6.73. The second-order valence-electron chi connectivity index (χ2n) is 4.02. The molecule has 0 bridgehead atoms. The minimum absolute atomic E-state index is 0.0394. The zero-order valence-electron chi connectivity index (χ0n) is 11.8. The minimum atomic E-state index is -0.305. The van der Waals surface area contributed by atoms with Gasteiger partial charge >= 0.3 is 0 Å². The molecule has 2 heterocycles. The summed E-state index contributed by atoms with van der Waals surface area (Å²) in [6.07, 6.45) is 1.65. The molecule has 5 heteroatoms. The number of rotatable bonds is 3. The van der Waals surface area contributed by atoms with Gasteiger partial charge in [0.2, 0.25) is 0 Å². The Balaban J connectivity index is 0.000000861. The van der Waals surface area contributed by atoms with Gasteiger partial charge in [0.15, 0.2) is 0 Å². The molecular formula is C14H22N2O3. The molecule has 0 saturated carbocycles. The maximum absolute atomic E-state index is 11.7. The lowest BCUT2D eigenvalue weighted by Gasteiger charge is -2.21. The highest BCUT2D eigenvalue weighted by molar-refractivity contribution is 5.91. The molecule has 5 nitrogen and oxygen atoms in total. The normalized spacial score (nSPS) is 15.3. The second kappa shape index (κ2) is 8.61. The van der Waals surface area contributed by atoms with Crippen LogP contribution < -0.4 is 5.48 Å². The number of amides is 1. The van der Waals surface area contributed by atoms with Crippen LogP contribution >= 0.6 is 0 Å². The first kappa shape index (κ1) is 15.6. The SMILES string of the molecule is CC.Cc1cccc(C(=O)NOC2CCOCC2)n1. The summed E-state index contributed by atoms with van der Waals surface area (Å²) in [5.41, 5.74) is 3.62. The van der Waals surface area contributed by atoms with Gasteiger partial charge < -0.3 is 4.74 Å². The van der Waals surface area contributed by atoms with Crippen LogP contribution in [0.4, 0.5) is 0 Å². The lowest BCUT2D eigenvalue weighted by atomic mass is 10.2. The Labute approximate surface area is 114 Å². The topological polar surface area (TPSA) is 60.5 Å². The van der Waals surface area contributed by atoms with E-state index in [-0.39, 0.29) is 12.0 Å². The number of carbonyl (C=O) groups excluding carboxylic acids is 1. The fourth-order valence-corrected chi connectivity index (χ4v) is 1.65. The summed E-state index contributed by atoms with van der Waals surface area (Å²) in [4.78, 5) is 21.1. The molecule has 19 heavy (non-hydrogen) atoms. The predicted molar refractivity (Wildman–Crippen MR) is 72.7 cm³/mol. The quantitative estimate of drug-likeness (QED) is 0.852. The Hall–Kier alpha value is -1.46. The maximum Gasteiger partial charge on any atom is 0.293 e. The maximum atomic E-state index is 11.7. The second-order valence-corrected chi connectivity index (χ2v) is 4.02. The Bertz CT molecular complexity index is 390. The zero-order valence-corrected chi connectivity index (χ0v) is 11.8. The highest BCUT2D eigenvalue weighted by atomic mass is 16.7. The number of carbonyl (C=O) groups is 1. The third kappa shape index (κ3) is 5.36. The van der Waals surface area contributed by atoms with E-state index in [1.54, 1.807) is 12.1 Å². The van der Waals surface area contributed by atoms with E-state index < -0.39 is 0 Å². The van der Waals surface area contributed by atoms with E-state index in [0.29, 0.717) is 18.9 Å². The van der Waals surface area contributed by atoms with Crippen LogP contribution in [-0.4, -0.2) is 30.2 Å². The lowest BCUT2D eigenvalue weighted by Crippen LogP contribution is -2.33. The van der Waals surface area contributed by atoms with Gasteiger partial charge in [-0.2, -0.15) is 0 Å². The van der Waals surface area contributed by atoms with E-state index in [1.807, 2.05) is 26.8 Å². The monoisotopic (exact) mass is 266 g/mol. The van der Waals surface area contributed by atoms with Gasteiger partial charge in [0.25, 0.3) is 5.91 Å². The molecule has 0 radical (unpaired) electrons. The molecule has 0 spiro atoms. The molecule has 1 saturated heterocycles. The molecule has 1 aromatic rings. The van der Waals surface area contributed by atoms with Crippen molar-refractivity contribution in [3.05, 3.63) is 29.6 Å². The van der Waals surface area contributed by atoms with Crippen LogP contribution in [0.15, 0.2) is 18.2 Å². The molecule has 1 aliphatic heterocycles. The van der Waals surface area contributed by atoms with Crippen molar-refractivity contribution in [2.45, 2.75) is 39.7 Å². The number of nitrogens with zero attached hydrogens (tertiary/aromatic N) is 1. The van der Waals surface area contributed by atoms with Gasteiger partial charge in [0.05, 0.1) is 6.10 Å². The number of hydrogen-bond donors (Lipinski definition) is 1. The zero-order chi connectivity index (χ0) is 14.1. The minimum Gasteiger partial charge on any atom is -0.381 e. The highest BCUT2D eigenvalue weighted by Gasteiger charge is 2.16. The third-order valence-electron chi connectivity index (χ3n) is 2.61. The number of aryl methyl sites for hydroxylation is 1. The van der Waals surface area contributed by atoms with Gasteiger partial charge in [-0.05, 0) is 31.9 Å². The molecule has 1 N–H and O–H groups in total. The van der Waals surface area contributed by atoms with Crippen LogP contribution in [0.1, 0.15) is 42.9 Å². The van der Waals surface area contributed by atoms with Gasteiger partial charge in [-0.3, -0.25) is 9.63 Å². The van der Waals surface area contributed by atoms with E-state index in [0.717, 1.165) is 18.5 Å². The van der Waals surface area contributed by atoms with Gasteiger partial charge in [-0.25, -0.2) is 10.5 Å². The van der Waals surface area contributed by atoms with Crippen molar-refractivity contribution in [1.82, 2.24) is 10.5 Å². The summed E-state index contributed by atoms with van der Waals surface area (Å²) in [6.45, 7) is 7.21. The van der Waals surface area contributed by atoms with Crippen LogP contribution in [0.25, 0.3) is 0 Å². The lowest BCUT2D eigenvalue weighted by molar-refractivity contribution is -0.0674. The fraction of sp³-hybridized carbons (Fsp3) is 0.571. The van der Waals surface area contributed by atoms with Crippen molar-refractivity contribution in [3.63, 3.8) is 0 Å². The molecule has 106 valence electrons. The van der Waals surface area contributed by atoms with E-state index in [2.05, 4.69) is 10.5 Å². The standard InChI is InChI=1S/C12H16N2O3.C2H6/c1-9-3-2-4-11(13-9)12(15)14-17-10-5-7-16-8-6-10;1-2/h2-4,10H,5-8H2,1H3,(H,14,15);1-2H3. The predicted octanol–water partition coefficient (Wildman–Crippen LogP) is 2.26. The Morgan fingerprint density at radius 2 is 2.05 bits per heavy atom. The van der Waals surface area contributed by atoms with Crippen LogP contribution in [0.3, 0.4) is 0 Å². The molecule has 0 aliphatic carbocycles. The molecule has 1 aliphatic rings. The summed E-state index contributed by atoms with van der Waals surface area (Å²) < 4.78 is 5.20. The van der Waals surface area contributed by atoms with E-state index in [9.17, 15) is 4.79 Å². The van der Waals surface area contributed by atoms with Gasteiger partial charge in [0.1, 0.15) is 5.69 Å². The summed E-state index contributed by atoms with van der Waals surface area (Å²) in [5.74, 6) is -0.305. The average molecular weight is 266 g/mol. The first-order chi connectivity index (χ1) is 9.25. The van der Waals surface area contributed by atoms with E-state index >= 15 is 0 Å². The number of hydroxylamine groups is 1. The van der Waals surface area contributed by atoms with Crippen molar-refractivity contribution in [3.8, 4) is 0 Å². The Morgan fingerprint density at radius 3 is 2.68 bits per heavy atom. The molecule has 1 aromatic heterocycles. The summed E-state index contributed by atoms with van der Waals surface area (Å²) >= 11 is 0. The van der Waals surface area contributed by atoms with Gasteiger partial charge in [0, 0.05) is 18.9 Å². The summed E-state index contributed by atoms with van der Waals surface area (Å²) in [6, 6.07) is 5.30. The van der Waals surface area contributed by atoms with Crippen molar-refractivity contribution in [2.24, 2.45) is 0 Å². The molecular weight excluding hydrogens is 244 g/mol. The smallest absolute Gasteiger partial charge is 0.293 e. The number of ether oxygens (including phenoxy) is 1. The average Bonchev–Trinajstić information content (AvgIpc) is 2.48. The number of aromatic nitrogens is 1. The summed E-state index contributed by atoms with van der Waals surface area (Å²) in [5, 5.41) is 0. The van der Waals surface area contributed by atoms with Crippen LogP contribution in [0, 0.1) is 6.92 Å². The molecule has 2 rings (SSSR count). The Morgan fingerprint density at radius 1 is 1.37 bits per heavy atom. The van der Waals surface area contributed by atoms with Gasteiger partial charge in [-0.15, -0.1) is 0 Å². The van der Waals surface area contributed by atoms with Gasteiger partial charge in [-0.1, -0.05) is 19.9 Å². The Kier molecular flexibility index (Phi) is 7.07. The third-order valence-corrected chi connectivity index (χ3v) is 2.61. The van der Waals surface area contributed by atoms with Crippen molar-refractivity contribution in [2.75, 3.05) is 13.2 Å². The number of nitrogens with one attached hydrogen (secondary N) is 1. The van der Waals surface area contributed by atoms with E-state index in [1.165, 1.54) is 0 Å². The van der Waals surface area contributed by atoms with Crippen LogP contribution in [0.5, 0.6) is 0 Å². The molecule has 0 unspecified atom stereocenters. The molecule has 1 fully saturated rings. The van der Waals surface area contributed by atoms with Crippen LogP contribution in [-0.2, 0) is 9.57 Å². The molecule has 0 aromatic carbocycles. The largest absolute Gasteiger partial charge is 0.381 e. The molecule has 1 amide bonds. The number of hydrogen-bond acceptors (Lipinski definition) is 4. The van der Waals surface area contributed by atoms with Crippen molar-refractivity contribution < 1.29 is 14.4 Å². The van der Waals surface area contributed by atoms with Crippen LogP contribution in [0.2, 0.25) is 0 Å².